The average Bonchev–Trinajstić information content (AvgIpc) is 3.48. The van der Waals surface area contributed by atoms with Gasteiger partial charge in [0.1, 0.15) is 5.76 Å². The maximum Gasteiger partial charge on any atom is 0.269 e. The summed E-state index contributed by atoms with van der Waals surface area (Å²) < 4.78 is 11.8. The van der Waals surface area contributed by atoms with Gasteiger partial charge in [0.2, 0.25) is 5.91 Å². The van der Waals surface area contributed by atoms with E-state index >= 15 is 0 Å². The van der Waals surface area contributed by atoms with E-state index in [0.717, 1.165) is 36.0 Å². The number of fused-ring (bicyclic) bond motifs is 3. The molecule has 0 saturated carbocycles. The molecule has 0 bridgehead atoms. The minimum Gasteiger partial charge on any atom is -0.506 e. The zero-order valence-corrected chi connectivity index (χ0v) is 26.3. The fourth-order valence-electron chi connectivity index (χ4n) is 5.24. The highest BCUT2D eigenvalue weighted by molar-refractivity contribution is 6.10. The Hall–Kier alpha value is -6.38. The Kier molecular flexibility index (Phi) is 11.0. The first-order valence-corrected chi connectivity index (χ1v) is 14.9. The van der Waals surface area contributed by atoms with Crippen LogP contribution >= 0.6 is 0 Å². The number of hydrogen-bond donors (Lipinski definition) is 7. The molecule has 5 heterocycles. The number of anilines is 4. The number of nitrogen functional groups attached to an aromatic ring is 2. The fourth-order valence-corrected chi connectivity index (χ4v) is 5.24. The van der Waals surface area contributed by atoms with Crippen LogP contribution in [0.25, 0.3) is 28.2 Å². The van der Waals surface area contributed by atoms with Gasteiger partial charge in [-0.15, -0.1) is 0 Å². The Morgan fingerprint density at radius 2 is 1.77 bits per heavy atom. The number of pyridine rings is 3. The largest absolute Gasteiger partial charge is 0.506 e. The van der Waals surface area contributed by atoms with Crippen LogP contribution < -0.4 is 33.6 Å². The molecule has 11 N–H and O–H groups in total. The van der Waals surface area contributed by atoms with Gasteiger partial charge in [-0.05, 0) is 54.3 Å². The van der Waals surface area contributed by atoms with E-state index in [4.69, 9.17) is 22.9 Å². The minimum absolute atomic E-state index is 0.000357. The minimum atomic E-state index is -0.720. The Bertz CT molecular complexity index is 1990. The third-order valence-electron chi connectivity index (χ3n) is 7.23. The molecule has 3 amide bonds. The molecule has 0 unspecified atom stereocenters. The number of amides is 3. The van der Waals surface area contributed by atoms with Gasteiger partial charge in [0.15, 0.2) is 17.9 Å². The summed E-state index contributed by atoms with van der Waals surface area (Å²) in [6.45, 7) is 4.80. The van der Waals surface area contributed by atoms with Crippen LogP contribution in [-0.4, -0.2) is 50.8 Å². The van der Waals surface area contributed by atoms with Crippen LogP contribution in [0.15, 0.2) is 59.6 Å². The number of halogens is 1. The van der Waals surface area contributed by atoms with Gasteiger partial charge >= 0.3 is 0 Å². The molecule has 0 radical (unpaired) electrons. The second kappa shape index (κ2) is 15.3. The average molecular weight is 655 g/mol. The zero-order chi connectivity index (χ0) is 35.0. The standard InChI is InChI=1S/C17H13N5O2.C14H16FN5O2.C2H6/c18-14-13(8-3-1-4-10-9(8)7-12(23)21-10)15-11(5-2-6-20-15)22-16(14)17(19)24;15-7-18-6-8(21)3-4-9-11(16)13(14(17)22)20-10-2-1-5-19-12(9)10;1-2/h1-6H,7,18H2,(H2,19,24)(H,21,23);3-4,6-7,19,21H,1-2,5,16H2,(H2,17,22);1-2H3/b;4-3+,8-6+,18-7?;. The van der Waals surface area contributed by atoms with Gasteiger partial charge in [-0.25, -0.2) is 15.0 Å². The van der Waals surface area contributed by atoms with Crippen LogP contribution in [0.3, 0.4) is 0 Å². The summed E-state index contributed by atoms with van der Waals surface area (Å²) in [5.74, 6) is -1.78. The molecule has 0 spiro atoms. The Balaban J connectivity index is 0.000000207. The van der Waals surface area contributed by atoms with Crippen LogP contribution in [-0.2, 0) is 17.6 Å². The Morgan fingerprint density at radius 1 is 1.04 bits per heavy atom. The molecule has 6 rings (SSSR count). The highest BCUT2D eigenvalue weighted by Crippen LogP contribution is 2.40. The van der Waals surface area contributed by atoms with Crippen LogP contribution in [0.5, 0.6) is 0 Å². The lowest BCUT2D eigenvalue weighted by Crippen LogP contribution is -2.22. The number of aryl methyl sites for hydroxylation is 1. The van der Waals surface area contributed by atoms with Crippen LogP contribution in [0.4, 0.5) is 27.1 Å². The summed E-state index contributed by atoms with van der Waals surface area (Å²) in [4.78, 5) is 50.9. The second-order valence-electron chi connectivity index (χ2n) is 10.2. The number of nitrogens with zero attached hydrogens (tertiary/aromatic N) is 4. The molecule has 4 aromatic rings. The van der Waals surface area contributed by atoms with E-state index in [2.05, 4.69) is 30.6 Å². The molecular formula is C33H35FN10O4. The van der Waals surface area contributed by atoms with Crippen molar-refractivity contribution >= 4 is 64.0 Å². The first kappa shape index (κ1) is 34.5. The number of aromatic nitrogens is 3. The van der Waals surface area contributed by atoms with Crippen LogP contribution in [0.2, 0.25) is 0 Å². The van der Waals surface area contributed by atoms with Gasteiger partial charge in [-0.2, -0.15) is 4.39 Å². The first-order chi connectivity index (χ1) is 23.1. The number of primary amides is 2. The molecule has 0 saturated heterocycles. The van der Waals surface area contributed by atoms with Gasteiger partial charge in [0.25, 0.3) is 11.8 Å². The highest BCUT2D eigenvalue weighted by Gasteiger charge is 2.26. The van der Waals surface area contributed by atoms with E-state index in [0.29, 0.717) is 40.0 Å². The molecule has 2 aliphatic heterocycles. The normalized spacial score (nSPS) is 13.5. The van der Waals surface area contributed by atoms with E-state index in [1.807, 2.05) is 32.0 Å². The van der Waals surface area contributed by atoms with Crippen LogP contribution in [0.1, 0.15) is 58.1 Å². The summed E-state index contributed by atoms with van der Waals surface area (Å²) in [7, 11) is 0. The molecule has 48 heavy (non-hydrogen) atoms. The van der Waals surface area contributed by atoms with Gasteiger partial charge in [-0.1, -0.05) is 26.0 Å². The second-order valence-corrected chi connectivity index (χ2v) is 10.2. The third kappa shape index (κ3) is 7.20. The lowest BCUT2D eigenvalue weighted by Gasteiger charge is -2.21. The fraction of sp³-hybridized carbons (Fsp3) is 0.182. The molecule has 0 atom stereocenters. The summed E-state index contributed by atoms with van der Waals surface area (Å²) in [5.41, 5.74) is 29.0. The van der Waals surface area contributed by atoms with Crippen molar-refractivity contribution in [1.82, 2.24) is 15.0 Å². The lowest BCUT2D eigenvalue weighted by atomic mass is 9.94. The van der Waals surface area contributed by atoms with Crippen LogP contribution in [0, 0.1) is 0 Å². The van der Waals surface area contributed by atoms with Crippen molar-refractivity contribution in [3.05, 3.63) is 82.8 Å². The number of nitrogens with two attached hydrogens (primary N) is 4. The molecule has 0 fully saturated rings. The number of benzene rings is 1. The van der Waals surface area contributed by atoms with Gasteiger partial charge in [-0.3, -0.25) is 19.4 Å². The smallest absolute Gasteiger partial charge is 0.269 e. The van der Waals surface area contributed by atoms with Crippen molar-refractivity contribution in [3.8, 4) is 11.1 Å². The number of carbonyl (C=O) groups is 3. The molecule has 248 valence electrons. The predicted molar refractivity (Wildman–Crippen MR) is 185 cm³/mol. The summed E-state index contributed by atoms with van der Waals surface area (Å²) in [6, 6.07) is 8.96. The van der Waals surface area contributed by atoms with Gasteiger partial charge < -0.3 is 38.7 Å². The number of allylic oxidation sites excluding steroid dienone is 1. The molecule has 3 aromatic heterocycles. The van der Waals surface area contributed by atoms with Crippen molar-refractivity contribution < 1.29 is 23.9 Å². The molecular weight excluding hydrogens is 619 g/mol. The van der Waals surface area contributed by atoms with E-state index < -0.39 is 11.8 Å². The highest BCUT2D eigenvalue weighted by atomic mass is 19.1. The summed E-state index contributed by atoms with van der Waals surface area (Å²) in [5, 5.41) is 15.5. The van der Waals surface area contributed by atoms with E-state index in [9.17, 15) is 23.9 Å². The van der Waals surface area contributed by atoms with E-state index in [1.165, 1.54) is 12.2 Å². The zero-order valence-electron chi connectivity index (χ0n) is 26.3. The summed E-state index contributed by atoms with van der Waals surface area (Å²) >= 11 is 0. The van der Waals surface area contributed by atoms with Crippen molar-refractivity contribution in [2.75, 3.05) is 28.6 Å². The predicted octanol–water partition coefficient (Wildman–Crippen LogP) is 4.03. The number of aliphatic imine (C=N–C) groups is 1. The summed E-state index contributed by atoms with van der Waals surface area (Å²) in [6.07, 6.45) is 7.17. The first-order valence-electron chi connectivity index (χ1n) is 14.9. The number of hydrogen-bond acceptors (Lipinski definition) is 11. The van der Waals surface area contributed by atoms with E-state index in [-0.39, 0.29) is 47.3 Å². The van der Waals surface area contributed by atoms with E-state index in [1.54, 1.807) is 18.3 Å². The molecule has 15 heteroatoms. The van der Waals surface area contributed by atoms with Crippen molar-refractivity contribution in [2.45, 2.75) is 33.1 Å². The molecule has 2 aliphatic rings. The number of rotatable bonds is 6. The Labute approximate surface area is 274 Å². The molecule has 0 aliphatic carbocycles. The number of nitrogens with one attached hydrogen (secondary N) is 2. The SMILES string of the molecule is CC.NC(=O)c1nc2c(c(/C=C/C(O)=C\N=CF)c1N)NCCC2.NC(=O)c1nc2cccnc2c(-c2cccc3c2CC(=O)N3)c1N. The maximum atomic E-state index is 11.8. The Morgan fingerprint density at radius 3 is 2.48 bits per heavy atom. The topological polar surface area (TPSA) is 251 Å². The van der Waals surface area contributed by atoms with Crippen molar-refractivity contribution in [2.24, 2.45) is 16.5 Å². The maximum absolute atomic E-state index is 11.8. The van der Waals surface area contributed by atoms with Gasteiger partial charge in [0, 0.05) is 29.6 Å². The molecule has 1 aromatic carbocycles. The van der Waals surface area contributed by atoms with Crippen molar-refractivity contribution in [1.29, 1.82) is 0 Å². The lowest BCUT2D eigenvalue weighted by molar-refractivity contribution is -0.115. The third-order valence-corrected chi connectivity index (χ3v) is 7.23. The number of aliphatic hydroxyl groups excluding tert-OH is 1. The van der Waals surface area contributed by atoms with Crippen molar-refractivity contribution in [3.63, 3.8) is 0 Å². The number of aliphatic hydroxyl groups is 1. The monoisotopic (exact) mass is 654 g/mol. The van der Waals surface area contributed by atoms with Gasteiger partial charge in [0.05, 0.1) is 46.4 Å². The number of carbonyl (C=O) groups excluding carboxylic acids is 3. The molecule has 14 nitrogen and oxygen atoms in total. The quantitative estimate of drug-likeness (QED) is 0.0893.